The van der Waals surface area contributed by atoms with Crippen LogP contribution < -0.4 is 14.8 Å². The zero-order valence-electron chi connectivity index (χ0n) is 17.3. The smallest absolute Gasteiger partial charge is 0.276 e. The van der Waals surface area contributed by atoms with Crippen molar-refractivity contribution in [2.75, 3.05) is 19.8 Å². The highest BCUT2D eigenvalue weighted by molar-refractivity contribution is 7.80. The van der Waals surface area contributed by atoms with Gasteiger partial charge in [0.15, 0.2) is 16.6 Å². The van der Waals surface area contributed by atoms with Crippen LogP contribution in [0.1, 0.15) is 25.0 Å². The molecule has 1 saturated heterocycles. The zero-order valence-corrected chi connectivity index (χ0v) is 18.1. The number of thiocarbonyl (C=S) groups is 1. The van der Waals surface area contributed by atoms with Crippen molar-refractivity contribution in [3.63, 3.8) is 0 Å². The van der Waals surface area contributed by atoms with E-state index in [0.29, 0.717) is 43.2 Å². The van der Waals surface area contributed by atoms with Crippen molar-refractivity contribution < 1.29 is 19.2 Å². The van der Waals surface area contributed by atoms with Gasteiger partial charge in [-0.05, 0) is 62.3 Å². The fourth-order valence-electron chi connectivity index (χ4n) is 3.20. The Bertz CT molecular complexity index is 1040. The first kappa shape index (κ1) is 22.2. The molecule has 2 aromatic rings. The van der Waals surface area contributed by atoms with Crippen LogP contribution in [0.15, 0.2) is 48.2 Å². The van der Waals surface area contributed by atoms with Crippen LogP contribution in [0.3, 0.4) is 0 Å². The van der Waals surface area contributed by atoms with Gasteiger partial charge in [-0.1, -0.05) is 18.2 Å². The number of carbonyl (C=O) groups excluding carboxylic acids is 1. The van der Waals surface area contributed by atoms with E-state index in [1.54, 1.807) is 18.2 Å². The largest absolute Gasteiger partial charge is 0.490 e. The van der Waals surface area contributed by atoms with Crippen molar-refractivity contribution in [2.24, 2.45) is 0 Å². The van der Waals surface area contributed by atoms with E-state index in [1.165, 1.54) is 17.0 Å². The lowest BCUT2D eigenvalue weighted by atomic mass is 10.1. The standard InChI is InChI=1S/C22H23N3O5S/c1-3-29-19-10-9-15(13-20(19)30-4-2)11-12-24-21(26)17(23-22(24)31)14-16-7-5-6-8-18(16)25(27)28/h5-10,13-14H,3-4,11-12H2,1-2H3,(H,23,31)/b17-14+. The molecule has 1 N–H and O–H groups in total. The van der Waals surface area contributed by atoms with E-state index in [2.05, 4.69) is 5.32 Å². The number of carbonyl (C=O) groups is 1. The normalized spacial score (nSPS) is 14.6. The molecular weight excluding hydrogens is 418 g/mol. The molecular formula is C22H23N3O5S. The topological polar surface area (TPSA) is 93.9 Å². The second-order valence-electron chi connectivity index (χ2n) is 6.66. The van der Waals surface area contributed by atoms with Crippen LogP contribution in [0.2, 0.25) is 0 Å². The lowest BCUT2D eigenvalue weighted by molar-refractivity contribution is -0.385. The van der Waals surface area contributed by atoms with Gasteiger partial charge in [-0.25, -0.2) is 0 Å². The summed E-state index contributed by atoms with van der Waals surface area (Å²) in [6.07, 6.45) is 2.01. The number of hydrogen-bond acceptors (Lipinski definition) is 6. The fourth-order valence-corrected chi connectivity index (χ4v) is 3.48. The number of hydrogen-bond donors (Lipinski definition) is 1. The number of amides is 1. The van der Waals surface area contributed by atoms with E-state index >= 15 is 0 Å². The summed E-state index contributed by atoms with van der Waals surface area (Å²) in [6.45, 7) is 5.22. The number of ether oxygens (including phenoxy) is 2. The third-order valence-corrected chi connectivity index (χ3v) is 4.95. The SMILES string of the molecule is CCOc1ccc(CCN2C(=O)/C(=C\c3ccccc3[N+](=O)[O-])NC2=S)cc1OCC. The number of nitrogens with one attached hydrogen (secondary N) is 1. The molecule has 0 atom stereocenters. The number of rotatable bonds is 9. The molecule has 1 fully saturated rings. The number of para-hydroxylation sites is 1. The molecule has 0 spiro atoms. The Morgan fingerprint density at radius 3 is 2.55 bits per heavy atom. The first-order valence-corrected chi connectivity index (χ1v) is 10.3. The summed E-state index contributed by atoms with van der Waals surface area (Å²) >= 11 is 5.31. The number of nitro groups is 1. The van der Waals surface area contributed by atoms with Gasteiger partial charge in [-0.2, -0.15) is 0 Å². The van der Waals surface area contributed by atoms with Crippen molar-refractivity contribution in [3.05, 3.63) is 69.4 Å². The Kier molecular flexibility index (Phi) is 7.19. The summed E-state index contributed by atoms with van der Waals surface area (Å²) in [5, 5.41) is 14.4. The van der Waals surface area contributed by atoms with Gasteiger partial charge in [0.1, 0.15) is 5.70 Å². The Labute approximate surface area is 185 Å². The van der Waals surface area contributed by atoms with Gasteiger partial charge in [0.2, 0.25) is 0 Å². The molecule has 31 heavy (non-hydrogen) atoms. The van der Waals surface area contributed by atoms with Gasteiger partial charge >= 0.3 is 0 Å². The molecule has 0 bridgehead atoms. The van der Waals surface area contributed by atoms with Crippen molar-refractivity contribution in [3.8, 4) is 11.5 Å². The predicted molar refractivity (Wildman–Crippen MR) is 121 cm³/mol. The Morgan fingerprint density at radius 2 is 1.84 bits per heavy atom. The summed E-state index contributed by atoms with van der Waals surface area (Å²) in [5.74, 6) is 1.02. The average Bonchev–Trinajstić information content (AvgIpc) is 3.01. The highest BCUT2D eigenvalue weighted by Crippen LogP contribution is 2.29. The highest BCUT2D eigenvalue weighted by atomic mass is 32.1. The zero-order chi connectivity index (χ0) is 22.4. The van der Waals surface area contributed by atoms with Crippen LogP contribution >= 0.6 is 12.2 Å². The van der Waals surface area contributed by atoms with Crippen molar-refractivity contribution in [1.29, 1.82) is 0 Å². The fraction of sp³-hybridized carbons (Fsp3) is 0.273. The molecule has 8 nitrogen and oxygen atoms in total. The van der Waals surface area contributed by atoms with Crippen LogP contribution in [0.25, 0.3) is 6.08 Å². The average molecular weight is 442 g/mol. The third-order valence-electron chi connectivity index (χ3n) is 4.63. The molecule has 1 aliphatic rings. The Balaban J connectivity index is 1.74. The van der Waals surface area contributed by atoms with Gasteiger partial charge in [0.25, 0.3) is 11.6 Å². The van der Waals surface area contributed by atoms with E-state index < -0.39 is 4.92 Å². The summed E-state index contributed by atoms with van der Waals surface area (Å²) in [7, 11) is 0. The number of benzene rings is 2. The van der Waals surface area contributed by atoms with E-state index in [9.17, 15) is 14.9 Å². The van der Waals surface area contributed by atoms with Crippen LogP contribution in [0, 0.1) is 10.1 Å². The van der Waals surface area contributed by atoms with Gasteiger partial charge in [-0.3, -0.25) is 19.8 Å². The quantitative estimate of drug-likeness (QED) is 0.274. The van der Waals surface area contributed by atoms with Crippen molar-refractivity contribution >= 4 is 35.0 Å². The molecule has 3 rings (SSSR count). The molecule has 0 aromatic heterocycles. The molecule has 2 aromatic carbocycles. The molecule has 1 amide bonds. The highest BCUT2D eigenvalue weighted by Gasteiger charge is 2.31. The van der Waals surface area contributed by atoms with Crippen LogP contribution in [0.5, 0.6) is 11.5 Å². The third kappa shape index (κ3) is 5.18. The minimum absolute atomic E-state index is 0.0770. The molecule has 162 valence electrons. The van der Waals surface area contributed by atoms with E-state index in [1.807, 2.05) is 32.0 Å². The van der Waals surface area contributed by atoms with Gasteiger partial charge in [0, 0.05) is 12.6 Å². The van der Waals surface area contributed by atoms with E-state index in [-0.39, 0.29) is 22.4 Å². The first-order chi connectivity index (χ1) is 14.9. The summed E-state index contributed by atoms with van der Waals surface area (Å²) in [6, 6.07) is 11.9. The molecule has 9 heteroatoms. The lowest BCUT2D eigenvalue weighted by Gasteiger charge is -2.15. The summed E-state index contributed by atoms with van der Waals surface area (Å²) in [5.41, 5.74) is 1.44. The van der Waals surface area contributed by atoms with Gasteiger partial charge < -0.3 is 14.8 Å². The molecule has 1 aliphatic heterocycles. The van der Waals surface area contributed by atoms with E-state index in [0.717, 1.165) is 5.56 Å². The molecule has 1 heterocycles. The minimum atomic E-state index is -0.482. The molecule has 0 saturated carbocycles. The maximum atomic E-state index is 12.8. The lowest BCUT2D eigenvalue weighted by Crippen LogP contribution is -2.32. The molecule has 0 aliphatic carbocycles. The minimum Gasteiger partial charge on any atom is -0.490 e. The maximum absolute atomic E-state index is 12.8. The maximum Gasteiger partial charge on any atom is 0.276 e. The Hall–Kier alpha value is -3.46. The van der Waals surface area contributed by atoms with Crippen molar-refractivity contribution in [1.82, 2.24) is 10.2 Å². The monoisotopic (exact) mass is 441 g/mol. The Morgan fingerprint density at radius 1 is 1.13 bits per heavy atom. The van der Waals surface area contributed by atoms with Crippen LogP contribution in [-0.2, 0) is 11.2 Å². The first-order valence-electron chi connectivity index (χ1n) is 9.91. The summed E-state index contributed by atoms with van der Waals surface area (Å²) < 4.78 is 11.2. The second kappa shape index (κ2) is 10.0. The molecule has 0 unspecified atom stereocenters. The van der Waals surface area contributed by atoms with Crippen LogP contribution in [-0.4, -0.2) is 40.6 Å². The second-order valence-corrected chi connectivity index (χ2v) is 7.04. The van der Waals surface area contributed by atoms with Gasteiger partial charge in [0.05, 0.1) is 23.7 Å². The van der Waals surface area contributed by atoms with Crippen molar-refractivity contribution in [2.45, 2.75) is 20.3 Å². The predicted octanol–water partition coefficient (Wildman–Crippen LogP) is 3.69. The number of nitro benzene ring substituents is 1. The summed E-state index contributed by atoms with van der Waals surface area (Å²) in [4.78, 5) is 25.0. The van der Waals surface area contributed by atoms with Crippen LogP contribution in [0.4, 0.5) is 5.69 Å². The number of nitrogens with zero attached hydrogens (tertiary/aromatic N) is 2. The van der Waals surface area contributed by atoms with Gasteiger partial charge in [-0.15, -0.1) is 0 Å². The molecule has 0 radical (unpaired) electrons. The van der Waals surface area contributed by atoms with E-state index in [4.69, 9.17) is 21.7 Å².